The second-order valence-corrected chi connectivity index (χ2v) is 8.23. The van der Waals surface area contributed by atoms with Crippen molar-refractivity contribution in [2.45, 2.75) is 36.7 Å². The number of sulfonamides is 1. The Morgan fingerprint density at radius 1 is 1.22 bits per heavy atom. The molecule has 0 radical (unpaired) electrons. The van der Waals surface area contributed by atoms with Crippen LogP contribution in [-0.4, -0.2) is 46.1 Å². The van der Waals surface area contributed by atoms with E-state index < -0.39 is 15.8 Å². The molecule has 2 fully saturated rings. The molecule has 1 saturated heterocycles. The molecule has 1 heterocycles. The van der Waals surface area contributed by atoms with Crippen LogP contribution in [0.4, 0.5) is 4.39 Å². The summed E-state index contributed by atoms with van der Waals surface area (Å²) in [6.07, 6.45) is 3.92. The van der Waals surface area contributed by atoms with Crippen LogP contribution >= 0.6 is 0 Å². The molecule has 7 heteroatoms. The summed E-state index contributed by atoms with van der Waals surface area (Å²) in [7, 11) is -0.660. The second-order valence-electron chi connectivity index (χ2n) is 6.32. The average Bonchev–Trinajstić information content (AvgIpc) is 2.54. The van der Waals surface area contributed by atoms with Gasteiger partial charge >= 0.3 is 0 Å². The molecule has 1 aliphatic carbocycles. The van der Waals surface area contributed by atoms with Crippen LogP contribution in [0.3, 0.4) is 0 Å². The fourth-order valence-corrected chi connectivity index (χ4v) is 5.38. The smallest absolute Gasteiger partial charge is 0.246 e. The molecule has 0 bridgehead atoms. The Hall–Kier alpha value is -1.18. The van der Waals surface area contributed by atoms with Crippen molar-refractivity contribution in [1.82, 2.24) is 4.31 Å². The van der Waals surface area contributed by atoms with E-state index in [1.165, 1.54) is 23.5 Å². The maximum absolute atomic E-state index is 13.5. The van der Waals surface area contributed by atoms with Crippen molar-refractivity contribution < 1.29 is 22.3 Å². The molecule has 1 unspecified atom stereocenters. The minimum atomic E-state index is -3.76. The SMILES string of the molecule is COc1ccc(F)cc1S(=O)(=O)N1CCC2(CCC2OC)CC1. The van der Waals surface area contributed by atoms with Crippen LogP contribution in [0.5, 0.6) is 5.75 Å². The number of halogens is 1. The maximum Gasteiger partial charge on any atom is 0.246 e. The van der Waals surface area contributed by atoms with E-state index in [-0.39, 0.29) is 22.2 Å². The summed E-state index contributed by atoms with van der Waals surface area (Å²) in [5.74, 6) is -0.415. The molecule has 1 aliphatic heterocycles. The third-order valence-electron chi connectivity index (χ3n) is 5.33. The van der Waals surface area contributed by atoms with E-state index in [9.17, 15) is 12.8 Å². The van der Waals surface area contributed by atoms with Gasteiger partial charge in [0, 0.05) is 20.2 Å². The normalized spacial score (nSPS) is 24.4. The van der Waals surface area contributed by atoms with Gasteiger partial charge in [0.05, 0.1) is 13.2 Å². The number of hydrogen-bond donors (Lipinski definition) is 0. The monoisotopic (exact) mass is 343 g/mol. The highest BCUT2D eigenvalue weighted by Crippen LogP contribution is 2.51. The topological polar surface area (TPSA) is 55.8 Å². The minimum Gasteiger partial charge on any atom is -0.495 e. The first kappa shape index (κ1) is 16.7. The molecule has 1 aromatic carbocycles. The molecule has 1 atom stereocenters. The molecule has 3 rings (SSSR count). The number of nitrogens with zero attached hydrogens (tertiary/aromatic N) is 1. The van der Waals surface area contributed by atoms with E-state index in [2.05, 4.69) is 0 Å². The third kappa shape index (κ3) is 2.75. The predicted octanol–water partition coefficient (Wildman–Crippen LogP) is 2.41. The molecule has 1 saturated carbocycles. The summed E-state index contributed by atoms with van der Waals surface area (Å²) in [6.45, 7) is 0.865. The van der Waals surface area contributed by atoms with Gasteiger partial charge in [0.15, 0.2) is 0 Å². The summed E-state index contributed by atoms with van der Waals surface area (Å²) < 4.78 is 51.2. The van der Waals surface area contributed by atoms with Crippen molar-refractivity contribution in [2.75, 3.05) is 27.3 Å². The zero-order chi connectivity index (χ0) is 16.7. The van der Waals surface area contributed by atoms with Crippen LogP contribution in [0, 0.1) is 11.2 Å². The molecule has 2 aliphatic rings. The van der Waals surface area contributed by atoms with Gasteiger partial charge in [-0.15, -0.1) is 0 Å². The Morgan fingerprint density at radius 3 is 2.43 bits per heavy atom. The van der Waals surface area contributed by atoms with Crippen molar-refractivity contribution in [3.8, 4) is 5.75 Å². The standard InChI is InChI=1S/C16H22FNO4S/c1-21-13-4-3-12(17)11-14(13)23(19,20)18-9-7-16(8-10-18)6-5-15(16)22-2/h3-4,11,15H,5-10H2,1-2H3. The summed E-state index contributed by atoms with van der Waals surface area (Å²) in [5.41, 5.74) is 0.118. The fourth-order valence-electron chi connectivity index (χ4n) is 3.77. The summed E-state index contributed by atoms with van der Waals surface area (Å²) in [6, 6.07) is 3.57. The molecule has 1 spiro atoms. The number of piperidine rings is 1. The molecule has 0 amide bonds. The van der Waals surface area contributed by atoms with Crippen molar-refractivity contribution in [3.63, 3.8) is 0 Å². The van der Waals surface area contributed by atoms with Gasteiger partial charge in [0.2, 0.25) is 10.0 Å². The molecule has 0 aromatic heterocycles. The molecule has 1 aromatic rings. The van der Waals surface area contributed by atoms with Crippen molar-refractivity contribution in [1.29, 1.82) is 0 Å². The van der Waals surface area contributed by atoms with E-state index in [1.54, 1.807) is 7.11 Å². The van der Waals surface area contributed by atoms with Crippen LogP contribution in [0.25, 0.3) is 0 Å². The summed E-state index contributed by atoms with van der Waals surface area (Å²) in [5, 5.41) is 0. The number of benzene rings is 1. The highest BCUT2D eigenvalue weighted by atomic mass is 32.2. The van der Waals surface area contributed by atoms with Gasteiger partial charge < -0.3 is 9.47 Å². The lowest BCUT2D eigenvalue weighted by atomic mass is 9.61. The van der Waals surface area contributed by atoms with Crippen LogP contribution in [-0.2, 0) is 14.8 Å². The summed E-state index contributed by atoms with van der Waals surface area (Å²) in [4.78, 5) is -0.104. The van der Waals surface area contributed by atoms with Crippen LogP contribution in [0.15, 0.2) is 23.1 Å². The van der Waals surface area contributed by atoms with Crippen molar-refractivity contribution >= 4 is 10.0 Å². The number of ether oxygens (including phenoxy) is 2. The molecule has 5 nitrogen and oxygen atoms in total. The van der Waals surface area contributed by atoms with Crippen molar-refractivity contribution in [3.05, 3.63) is 24.0 Å². The lowest BCUT2D eigenvalue weighted by molar-refractivity contribution is -0.113. The first-order chi connectivity index (χ1) is 10.9. The van der Waals surface area contributed by atoms with Gasteiger partial charge in [-0.25, -0.2) is 12.8 Å². The number of hydrogen-bond acceptors (Lipinski definition) is 4. The molecular weight excluding hydrogens is 321 g/mol. The Morgan fingerprint density at radius 2 is 1.91 bits per heavy atom. The van der Waals surface area contributed by atoms with E-state index in [0.29, 0.717) is 13.1 Å². The van der Waals surface area contributed by atoms with Gasteiger partial charge in [0.1, 0.15) is 16.5 Å². The highest BCUT2D eigenvalue weighted by molar-refractivity contribution is 7.89. The quantitative estimate of drug-likeness (QED) is 0.842. The lowest BCUT2D eigenvalue weighted by Gasteiger charge is -2.52. The van der Waals surface area contributed by atoms with Gasteiger partial charge in [-0.3, -0.25) is 0 Å². The van der Waals surface area contributed by atoms with E-state index >= 15 is 0 Å². The zero-order valence-corrected chi connectivity index (χ0v) is 14.2. The Kier molecular flexibility index (Phi) is 4.37. The lowest BCUT2D eigenvalue weighted by Crippen LogP contribution is -2.53. The molecule has 128 valence electrons. The highest BCUT2D eigenvalue weighted by Gasteiger charge is 2.50. The Bertz CT molecular complexity index is 681. The van der Waals surface area contributed by atoms with Gasteiger partial charge in [0.25, 0.3) is 0 Å². The van der Waals surface area contributed by atoms with Gasteiger partial charge in [-0.1, -0.05) is 0 Å². The summed E-state index contributed by atoms with van der Waals surface area (Å²) >= 11 is 0. The molecular formula is C16H22FNO4S. The van der Waals surface area contributed by atoms with Gasteiger partial charge in [-0.2, -0.15) is 4.31 Å². The van der Waals surface area contributed by atoms with Crippen LogP contribution in [0.1, 0.15) is 25.7 Å². The zero-order valence-electron chi connectivity index (χ0n) is 13.4. The third-order valence-corrected chi connectivity index (χ3v) is 7.25. The first-order valence-electron chi connectivity index (χ1n) is 7.79. The van der Waals surface area contributed by atoms with Gasteiger partial charge in [-0.05, 0) is 49.3 Å². The van der Waals surface area contributed by atoms with E-state index in [1.807, 2.05) is 0 Å². The minimum absolute atomic E-state index is 0.104. The molecule has 23 heavy (non-hydrogen) atoms. The van der Waals surface area contributed by atoms with Crippen LogP contribution < -0.4 is 4.74 Å². The van der Waals surface area contributed by atoms with E-state index in [4.69, 9.17) is 9.47 Å². The van der Waals surface area contributed by atoms with Crippen molar-refractivity contribution in [2.24, 2.45) is 5.41 Å². The maximum atomic E-state index is 13.5. The van der Waals surface area contributed by atoms with Crippen LogP contribution in [0.2, 0.25) is 0 Å². The fraction of sp³-hybridized carbons (Fsp3) is 0.625. The van der Waals surface area contributed by atoms with E-state index in [0.717, 1.165) is 31.7 Å². The average molecular weight is 343 g/mol. The Labute approximate surface area is 136 Å². The first-order valence-corrected chi connectivity index (χ1v) is 9.23. The number of rotatable bonds is 4. The number of methoxy groups -OCH3 is 2. The molecule has 0 N–H and O–H groups in total. The second kappa shape index (κ2) is 6.03. The Balaban J connectivity index is 1.81. The largest absolute Gasteiger partial charge is 0.495 e. The predicted molar refractivity (Wildman–Crippen MR) is 83.4 cm³/mol.